The average Bonchev–Trinajstić information content (AvgIpc) is 2.16. The van der Waals surface area contributed by atoms with Gasteiger partial charge in [0.05, 0.1) is 0 Å². The lowest BCUT2D eigenvalue weighted by Crippen LogP contribution is -2.16. The zero-order valence-electron chi connectivity index (χ0n) is 9.62. The molecule has 0 aromatic heterocycles. The van der Waals surface area contributed by atoms with Crippen molar-refractivity contribution in [2.24, 2.45) is 11.7 Å². The molecule has 1 atom stereocenters. The quantitative estimate of drug-likeness (QED) is 0.537. The van der Waals surface area contributed by atoms with Gasteiger partial charge in [0.2, 0.25) is 0 Å². The first-order valence-corrected chi connectivity index (χ1v) is 5.48. The summed E-state index contributed by atoms with van der Waals surface area (Å²) in [6.07, 6.45) is 4.82. The van der Waals surface area contributed by atoms with Gasteiger partial charge in [0, 0.05) is 24.9 Å². The first kappa shape index (κ1) is 13.8. The summed E-state index contributed by atoms with van der Waals surface area (Å²) in [7, 11) is 0. The number of nitrogens with one attached hydrogen (secondary N) is 1. The molecular formula is C11H22N2O2. The fourth-order valence-electron chi connectivity index (χ4n) is 1.27. The molecule has 0 spiro atoms. The van der Waals surface area contributed by atoms with Gasteiger partial charge >= 0.3 is 5.97 Å². The molecule has 0 aromatic rings. The topological polar surface area (TPSA) is 75.3 Å². The molecule has 0 aliphatic carbocycles. The number of nitrogens with two attached hydrogens (primary N) is 1. The Morgan fingerprint density at radius 1 is 1.60 bits per heavy atom. The van der Waals surface area contributed by atoms with Gasteiger partial charge in [0.15, 0.2) is 0 Å². The highest BCUT2D eigenvalue weighted by molar-refractivity contribution is 5.66. The number of hydrogen-bond acceptors (Lipinski definition) is 3. The highest BCUT2D eigenvalue weighted by atomic mass is 16.4. The molecule has 0 saturated carbocycles. The van der Waals surface area contributed by atoms with Crippen LogP contribution in [-0.2, 0) is 4.79 Å². The minimum absolute atomic E-state index is 0.200. The molecule has 88 valence electrons. The third-order valence-corrected chi connectivity index (χ3v) is 2.27. The van der Waals surface area contributed by atoms with E-state index in [1.807, 2.05) is 0 Å². The van der Waals surface area contributed by atoms with Crippen molar-refractivity contribution in [3.8, 4) is 0 Å². The second-order valence-electron chi connectivity index (χ2n) is 3.79. The van der Waals surface area contributed by atoms with E-state index in [9.17, 15) is 4.79 Å². The molecule has 4 nitrogen and oxygen atoms in total. The van der Waals surface area contributed by atoms with Gasteiger partial charge in [-0.15, -0.1) is 0 Å². The van der Waals surface area contributed by atoms with Crippen LogP contribution in [0.2, 0.25) is 0 Å². The van der Waals surface area contributed by atoms with Crippen LogP contribution in [-0.4, -0.2) is 17.6 Å². The Bertz CT molecular complexity index is 215. The number of hydrogen-bond donors (Lipinski definition) is 3. The van der Waals surface area contributed by atoms with E-state index in [1.54, 1.807) is 6.20 Å². The summed E-state index contributed by atoms with van der Waals surface area (Å²) >= 11 is 0. The molecule has 0 saturated heterocycles. The van der Waals surface area contributed by atoms with Crippen molar-refractivity contribution >= 4 is 5.97 Å². The molecule has 1 unspecified atom stereocenters. The molecule has 0 aliphatic rings. The Morgan fingerprint density at radius 3 is 2.80 bits per heavy atom. The molecular weight excluding hydrogens is 192 g/mol. The molecule has 0 bridgehead atoms. The molecule has 0 rings (SSSR count). The lowest BCUT2D eigenvalue weighted by molar-refractivity contribution is -0.137. The van der Waals surface area contributed by atoms with Crippen molar-refractivity contribution in [1.82, 2.24) is 5.32 Å². The molecule has 0 radical (unpaired) electrons. The standard InChI is InChI=1S/C11H22N2O2/c1-3-5-9(2)10(12)8-13-7-4-6-11(14)15/h8-9,13H,3-7,12H2,1-2H3,(H,14,15)/b10-8-. The van der Waals surface area contributed by atoms with E-state index in [2.05, 4.69) is 19.2 Å². The van der Waals surface area contributed by atoms with Gasteiger partial charge in [-0.2, -0.15) is 0 Å². The minimum atomic E-state index is -0.756. The molecule has 0 heterocycles. The summed E-state index contributed by atoms with van der Waals surface area (Å²) in [6, 6.07) is 0. The van der Waals surface area contributed by atoms with Gasteiger partial charge in [-0.1, -0.05) is 20.3 Å². The van der Waals surface area contributed by atoms with Gasteiger partial charge in [-0.3, -0.25) is 4.79 Å². The Kier molecular flexibility index (Phi) is 7.50. The van der Waals surface area contributed by atoms with E-state index in [4.69, 9.17) is 10.8 Å². The van der Waals surface area contributed by atoms with Crippen LogP contribution in [0.3, 0.4) is 0 Å². The SMILES string of the molecule is CCCC(C)/C(N)=C/NCCCC(=O)O. The summed E-state index contributed by atoms with van der Waals surface area (Å²) in [6.45, 7) is 4.88. The first-order valence-electron chi connectivity index (χ1n) is 5.48. The molecule has 0 amide bonds. The van der Waals surface area contributed by atoms with E-state index < -0.39 is 5.97 Å². The predicted molar refractivity (Wildman–Crippen MR) is 61.2 cm³/mol. The minimum Gasteiger partial charge on any atom is -0.481 e. The van der Waals surface area contributed by atoms with Crippen LogP contribution in [0.4, 0.5) is 0 Å². The third kappa shape index (κ3) is 7.85. The van der Waals surface area contributed by atoms with Gasteiger partial charge in [-0.05, 0) is 18.8 Å². The number of carbonyl (C=O) groups is 1. The normalized spacial score (nSPS) is 13.6. The highest BCUT2D eigenvalue weighted by Gasteiger charge is 2.02. The zero-order valence-corrected chi connectivity index (χ0v) is 9.62. The van der Waals surface area contributed by atoms with E-state index in [0.29, 0.717) is 18.9 Å². The van der Waals surface area contributed by atoms with Crippen LogP contribution in [0.15, 0.2) is 11.9 Å². The second kappa shape index (κ2) is 8.15. The lowest BCUT2D eigenvalue weighted by atomic mass is 10.0. The van der Waals surface area contributed by atoms with Crippen molar-refractivity contribution in [2.75, 3.05) is 6.54 Å². The van der Waals surface area contributed by atoms with Gasteiger partial charge in [0.25, 0.3) is 0 Å². The maximum absolute atomic E-state index is 10.2. The van der Waals surface area contributed by atoms with Crippen molar-refractivity contribution in [3.05, 3.63) is 11.9 Å². The molecule has 0 aromatic carbocycles. The van der Waals surface area contributed by atoms with Crippen LogP contribution in [0.5, 0.6) is 0 Å². The largest absolute Gasteiger partial charge is 0.481 e. The molecule has 0 aliphatic heterocycles. The van der Waals surface area contributed by atoms with E-state index >= 15 is 0 Å². The van der Waals surface area contributed by atoms with Gasteiger partial charge in [0.1, 0.15) is 0 Å². The number of allylic oxidation sites excluding steroid dienone is 1. The summed E-state index contributed by atoms with van der Waals surface area (Å²) in [5.74, 6) is -0.366. The number of carboxylic acid groups (broad SMARTS) is 1. The van der Waals surface area contributed by atoms with Crippen molar-refractivity contribution in [1.29, 1.82) is 0 Å². The van der Waals surface area contributed by atoms with Crippen molar-refractivity contribution in [3.63, 3.8) is 0 Å². The fraction of sp³-hybridized carbons (Fsp3) is 0.727. The number of aliphatic carboxylic acids is 1. The van der Waals surface area contributed by atoms with E-state index in [1.165, 1.54) is 0 Å². The Labute approximate surface area is 91.5 Å². The summed E-state index contributed by atoms with van der Waals surface area (Å²) in [5, 5.41) is 11.4. The van der Waals surface area contributed by atoms with E-state index in [-0.39, 0.29) is 6.42 Å². The van der Waals surface area contributed by atoms with Gasteiger partial charge in [-0.25, -0.2) is 0 Å². The Morgan fingerprint density at radius 2 is 2.27 bits per heavy atom. The molecule has 4 N–H and O–H groups in total. The van der Waals surface area contributed by atoms with Crippen LogP contribution in [0.25, 0.3) is 0 Å². The first-order chi connectivity index (χ1) is 7.07. The smallest absolute Gasteiger partial charge is 0.303 e. The maximum Gasteiger partial charge on any atom is 0.303 e. The zero-order chi connectivity index (χ0) is 11.7. The molecule has 4 heteroatoms. The molecule has 0 fully saturated rings. The average molecular weight is 214 g/mol. The summed E-state index contributed by atoms with van der Waals surface area (Å²) < 4.78 is 0. The fourth-order valence-corrected chi connectivity index (χ4v) is 1.27. The maximum atomic E-state index is 10.2. The monoisotopic (exact) mass is 214 g/mol. The van der Waals surface area contributed by atoms with Crippen molar-refractivity contribution in [2.45, 2.75) is 39.5 Å². The van der Waals surface area contributed by atoms with Crippen LogP contribution >= 0.6 is 0 Å². The van der Waals surface area contributed by atoms with Gasteiger partial charge < -0.3 is 16.2 Å². The highest BCUT2D eigenvalue weighted by Crippen LogP contribution is 2.10. The third-order valence-electron chi connectivity index (χ3n) is 2.27. The summed E-state index contributed by atoms with van der Waals surface area (Å²) in [5.41, 5.74) is 6.67. The lowest BCUT2D eigenvalue weighted by Gasteiger charge is -2.10. The summed E-state index contributed by atoms with van der Waals surface area (Å²) in [4.78, 5) is 10.2. The Balaban J connectivity index is 3.61. The number of rotatable bonds is 8. The van der Waals surface area contributed by atoms with Crippen LogP contribution in [0.1, 0.15) is 39.5 Å². The second-order valence-corrected chi connectivity index (χ2v) is 3.79. The van der Waals surface area contributed by atoms with Crippen LogP contribution in [0, 0.1) is 5.92 Å². The van der Waals surface area contributed by atoms with E-state index in [0.717, 1.165) is 18.5 Å². The van der Waals surface area contributed by atoms with Crippen molar-refractivity contribution < 1.29 is 9.90 Å². The molecule has 15 heavy (non-hydrogen) atoms. The Hall–Kier alpha value is -1.19. The van der Waals surface area contributed by atoms with Crippen LogP contribution < -0.4 is 11.1 Å². The number of carboxylic acids is 1. The predicted octanol–water partition coefficient (Wildman–Crippen LogP) is 1.68.